The summed E-state index contributed by atoms with van der Waals surface area (Å²) in [6.45, 7) is 2.83. The fraction of sp³-hybridized carbons (Fsp3) is 0.533. The van der Waals surface area contributed by atoms with Crippen LogP contribution in [0.25, 0.3) is 0 Å². The molecule has 2 N–H and O–H groups in total. The van der Waals surface area contributed by atoms with E-state index in [4.69, 9.17) is 0 Å². The predicted molar refractivity (Wildman–Crippen MR) is 79.0 cm³/mol. The van der Waals surface area contributed by atoms with Crippen LogP contribution in [0.4, 0.5) is 0 Å². The molecule has 0 unspecified atom stereocenters. The monoisotopic (exact) mass is 312 g/mol. The molecule has 1 aromatic rings. The quantitative estimate of drug-likeness (QED) is 0.824. The molecule has 0 heterocycles. The lowest BCUT2D eigenvalue weighted by Gasteiger charge is -2.09. The van der Waals surface area contributed by atoms with Crippen molar-refractivity contribution in [1.29, 1.82) is 0 Å². The van der Waals surface area contributed by atoms with Gasteiger partial charge in [0.2, 0.25) is 0 Å². The molecule has 0 bridgehead atoms. The smallest absolute Gasteiger partial charge is 0.314 e. The molecular formula is C15H20O5S. The summed E-state index contributed by atoms with van der Waals surface area (Å²) in [4.78, 5) is 11.6. The third-order valence-electron chi connectivity index (χ3n) is 4.45. The van der Waals surface area contributed by atoms with Gasteiger partial charge in [-0.05, 0) is 17.5 Å². The molecule has 2 rings (SSSR count). The molecule has 1 saturated carbocycles. The van der Waals surface area contributed by atoms with Crippen molar-refractivity contribution in [2.75, 3.05) is 12.4 Å². The van der Waals surface area contributed by atoms with Gasteiger partial charge in [0.1, 0.15) is 5.41 Å². The second kappa shape index (κ2) is 5.42. The molecule has 1 fully saturated rings. The summed E-state index contributed by atoms with van der Waals surface area (Å²) in [5.41, 5.74) is 0.146. The number of benzene rings is 1. The minimum atomic E-state index is -3.54. The maximum atomic E-state index is 12.2. The number of sulfone groups is 1. The molecule has 0 aliphatic heterocycles. The van der Waals surface area contributed by atoms with E-state index in [-0.39, 0.29) is 5.75 Å². The van der Waals surface area contributed by atoms with Crippen LogP contribution in [0.15, 0.2) is 24.3 Å². The molecule has 5 nitrogen and oxygen atoms in total. The Labute approximate surface area is 124 Å². The minimum Gasteiger partial charge on any atom is -0.481 e. The minimum absolute atomic E-state index is 0.129. The molecule has 21 heavy (non-hydrogen) atoms. The van der Waals surface area contributed by atoms with Crippen LogP contribution in [-0.4, -0.2) is 42.2 Å². The number of aliphatic hydroxyl groups is 1. The number of rotatable bonds is 6. The van der Waals surface area contributed by atoms with Gasteiger partial charge in [0.15, 0.2) is 9.84 Å². The van der Waals surface area contributed by atoms with Crippen LogP contribution >= 0.6 is 0 Å². The van der Waals surface area contributed by atoms with Crippen molar-refractivity contribution < 1.29 is 23.4 Å². The summed E-state index contributed by atoms with van der Waals surface area (Å²) in [6.07, 6.45) is 0.853. The average Bonchev–Trinajstić information content (AvgIpc) is 3.19. The maximum Gasteiger partial charge on any atom is 0.314 e. The number of carbonyl (C=O) groups is 1. The van der Waals surface area contributed by atoms with Crippen LogP contribution in [-0.2, 0) is 21.1 Å². The van der Waals surface area contributed by atoms with E-state index < -0.39 is 39.0 Å². The first-order valence-electron chi connectivity index (χ1n) is 6.99. The van der Waals surface area contributed by atoms with E-state index in [2.05, 4.69) is 0 Å². The van der Waals surface area contributed by atoms with Crippen LogP contribution in [0.2, 0.25) is 0 Å². The first-order chi connectivity index (χ1) is 9.85. The van der Waals surface area contributed by atoms with Gasteiger partial charge in [0.25, 0.3) is 0 Å². The molecule has 1 aliphatic carbocycles. The number of aliphatic hydroxyl groups excluding tert-OH is 1. The van der Waals surface area contributed by atoms with Crippen molar-refractivity contribution in [3.05, 3.63) is 35.4 Å². The third-order valence-corrected chi connectivity index (χ3v) is 6.72. The summed E-state index contributed by atoms with van der Waals surface area (Å²) in [5, 5.41) is 17.9. The SMILES string of the molecule is CCc1ccc([C@H]2[C@@H](S(=O)(=O)CC)[C@@]2(CO)C(=O)O)cc1. The number of hydrogen-bond acceptors (Lipinski definition) is 4. The Morgan fingerprint density at radius 1 is 1.24 bits per heavy atom. The zero-order valence-electron chi connectivity index (χ0n) is 12.1. The predicted octanol–water partition coefficient (Wildman–Crippen LogP) is 1.21. The lowest BCUT2D eigenvalue weighted by molar-refractivity contribution is -0.145. The highest BCUT2D eigenvalue weighted by molar-refractivity contribution is 7.92. The van der Waals surface area contributed by atoms with E-state index >= 15 is 0 Å². The molecule has 0 amide bonds. The summed E-state index contributed by atoms with van der Waals surface area (Å²) >= 11 is 0. The fourth-order valence-corrected chi connectivity index (χ4v) is 5.11. The lowest BCUT2D eigenvalue weighted by atomic mass is 9.99. The zero-order valence-corrected chi connectivity index (χ0v) is 12.9. The molecule has 0 aromatic heterocycles. The Kier molecular flexibility index (Phi) is 4.13. The molecule has 0 radical (unpaired) electrons. The molecule has 1 aliphatic rings. The van der Waals surface area contributed by atoms with Crippen LogP contribution in [0.1, 0.15) is 30.9 Å². The highest BCUT2D eigenvalue weighted by Gasteiger charge is 2.75. The third kappa shape index (κ3) is 2.36. The van der Waals surface area contributed by atoms with Crippen LogP contribution in [0.3, 0.4) is 0 Å². The van der Waals surface area contributed by atoms with Gasteiger partial charge in [0, 0.05) is 11.7 Å². The van der Waals surface area contributed by atoms with E-state index in [0.29, 0.717) is 5.56 Å². The summed E-state index contributed by atoms with van der Waals surface area (Å²) in [7, 11) is -3.54. The van der Waals surface area contributed by atoms with Gasteiger partial charge in [-0.3, -0.25) is 4.79 Å². The zero-order chi connectivity index (χ0) is 15.8. The van der Waals surface area contributed by atoms with Gasteiger partial charge in [-0.25, -0.2) is 8.42 Å². The van der Waals surface area contributed by atoms with Crippen LogP contribution < -0.4 is 0 Å². The van der Waals surface area contributed by atoms with Gasteiger partial charge in [0.05, 0.1) is 11.9 Å². The van der Waals surface area contributed by atoms with Crippen molar-refractivity contribution in [1.82, 2.24) is 0 Å². The van der Waals surface area contributed by atoms with E-state index in [0.717, 1.165) is 12.0 Å². The fourth-order valence-electron chi connectivity index (χ4n) is 3.06. The van der Waals surface area contributed by atoms with Crippen molar-refractivity contribution in [2.45, 2.75) is 31.4 Å². The molecule has 1 aromatic carbocycles. The Hall–Kier alpha value is -1.40. The first-order valence-corrected chi connectivity index (χ1v) is 8.71. The molecule has 116 valence electrons. The van der Waals surface area contributed by atoms with Crippen LogP contribution in [0.5, 0.6) is 0 Å². The summed E-state index contributed by atoms with van der Waals surface area (Å²) in [5.74, 6) is -2.07. The normalized spacial score (nSPS) is 28.3. The number of aliphatic carboxylic acids is 1. The highest BCUT2D eigenvalue weighted by atomic mass is 32.2. The largest absolute Gasteiger partial charge is 0.481 e. The second-order valence-corrected chi connectivity index (χ2v) is 7.86. The van der Waals surface area contributed by atoms with Crippen molar-refractivity contribution in [3.8, 4) is 0 Å². The lowest BCUT2D eigenvalue weighted by Crippen LogP contribution is -2.28. The van der Waals surface area contributed by atoms with E-state index in [1.165, 1.54) is 6.92 Å². The number of hydrogen-bond donors (Lipinski definition) is 2. The van der Waals surface area contributed by atoms with Crippen molar-refractivity contribution in [3.63, 3.8) is 0 Å². The number of carboxylic acid groups (broad SMARTS) is 1. The molecule has 0 spiro atoms. The van der Waals surface area contributed by atoms with Gasteiger partial charge >= 0.3 is 5.97 Å². The number of aryl methyl sites for hydroxylation is 1. The van der Waals surface area contributed by atoms with E-state index in [9.17, 15) is 23.4 Å². The highest BCUT2D eigenvalue weighted by Crippen LogP contribution is 2.63. The summed E-state index contributed by atoms with van der Waals surface area (Å²) < 4.78 is 24.3. The molecular weight excluding hydrogens is 292 g/mol. The maximum absolute atomic E-state index is 12.2. The topological polar surface area (TPSA) is 91.7 Å². The van der Waals surface area contributed by atoms with Gasteiger partial charge in [-0.2, -0.15) is 0 Å². The summed E-state index contributed by atoms with van der Waals surface area (Å²) in [6, 6.07) is 7.27. The second-order valence-electron chi connectivity index (χ2n) is 5.45. The van der Waals surface area contributed by atoms with E-state index in [1.54, 1.807) is 12.1 Å². The Morgan fingerprint density at radius 2 is 1.81 bits per heavy atom. The number of carboxylic acids is 1. The van der Waals surface area contributed by atoms with Gasteiger partial charge < -0.3 is 10.2 Å². The Balaban J connectivity index is 2.47. The Morgan fingerprint density at radius 3 is 2.19 bits per heavy atom. The Bertz CT molecular complexity index is 635. The van der Waals surface area contributed by atoms with Gasteiger partial charge in [-0.1, -0.05) is 38.1 Å². The first kappa shape index (κ1) is 16.0. The van der Waals surface area contributed by atoms with Gasteiger partial charge in [-0.15, -0.1) is 0 Å². The molecule has 3 atom stereocenters. The molecule has 0 saturated heterocycles. The standard InChI is InChI=1S/C15H20O5S/c1-3-10-5-7-11(8-6-10)12-13(21(19,20)4-2)15(12,9-16)14(17)18/h5-8,12-13,16H,3-4,9H2,1-2H3,(H,17,18)/t12-,13+,15-/m0/s1. The molecule has 6 heteroatoms. The van der Waals surface area contributed by atoms with Crippen molar-refractivity contribution in [2.24, 2.45) is 5.41 Å². The van der Waals surface area contributed by atoms with Crippen molar-refractivity contribution >= 4 is 15.8 Å². The van der Waals surface area contributed by atoms with Crippen LogP contribution in [0, 0.1) is 5.41 Å². The average molecular weight is 312 g/mol. The van der Waals surface area contributed by atoms with E-state index in [1.807, 2.05) is 19.1 Å².